The first-order valence-corrected chi connectivity index (χ1v) is 15.5. The summed E-state index contributed by atoms with van der Waals surface area (Å²) in [6.45, 7) is 6.23. The second-order valence-corrected chi connectivity index (χ2v) is 13.4. The Labute approximate surface area is 232 Å². The van der Waals surface area contributed by atoms with Crippen LogP contribution in [0.5, 0.6) is 0 Å². The third kappa shape index (κ3) is 5.19. The molecule has 2 atom stereocenters. The van der Waals surface area contributed by atoms with Crippen LogP contribution in [0.15, 0.2) is 17.1 Å². The van der Waals surface area contributed by atoms with Gasteiger partial charge in [0.25, 0.3) is 11.5 Å². The summed E-state index contributed by atoms with van der Waals surface area (Å²) in [7, 11) is 0. The molecule has 0 bridgehead atoms. The highest BCUT2D eigenvalue weighted by Crippen LogP contribution is 2.52. The maximum atomic E-state index is 13.6. The van der Waals surface area contributed by atoms with Gasteiger partial charge in [0.15, 0.2) is 0 Å². The van der Waals surface area contributed by atoms with Crippen molar-refractivity contribution < 1.29 is 14.7 Å². The third-order valence-corrected chi connectivity index (χ3v) is 10.7. The molecule has 1 spiro atoms. The van der Waals surface area contributed by atoms with Gasteiger partial charge in [-0.15, -0.1) is 0 Å². The van der Waals surface area contributed by atoms with E-state index in [2.05, 4.69) is 12.2 Å². The van der Waals surface area contributed by atoms with Gasteiger partial charge in [-0.3, -0.25) is 14.4 Å². The van der Waals surface area contributed by atoms with Crippen LogP contribution in [0.1, 0.15) is 99.4 Å². The lowest BCUT2D eigenvalue weighted by molar-refractivity contribution is -0.163. The number of carbonyl (C=O) groups excluding carboxylic acids is 2. The van der Waals surface area contributed by atoms with Gasteiger partial charge in [0.1, 0.15) is 0 Å². The molecule has 3 aliphatic carbocycles. The topological polar surface area (TPSA) is 94.9 Å². The summed E-state index contributed by atoms with van der Waals surface area (Å²) in [5.41, 5.74) is -0.127. The smallest absolute Gasteiger partial charge is 0.255 e. The van der Waals surface area contributed by atoms with E-state index in [1.165, 1.54) is 19.3 Å². The van der Waals surface area contributed by atoms with Crippen LogP contribution in [0.2, 0.25) is 0 Å². The minimum absolute atomic E-state index is 0.00409. The molecule has 5 aliphatic rings. The molecule has 8 heteroatoms. The number of rotatable bonds is 7. The van der Waals surface area contributed by atoms with Crippen LogP contribution in [0, 0.1) is 17.3 Å². The van der Waals surface area contributed by atoms with Gasteiger partial charge in [-0.2, -0.15) is 0 Å². The Morgan fingerprint density at radius 1 is 1.03 bits per heavy atom. The second-order valence-electron chi connectivity index (χ2n) is 13.4. The Hall–Kier alpha value is -2.19. The highest BCUT2D eigenvalue weighted by molar-refractivity contribution is 5.95. The largest absolute Gasteiger partial charge is 0.387 e. The average molecular weight is 539 g/mol. The number of piperazine rings is 1. The molecule has 8 nitrogen and oxygen atoms in total. The fourth-order valence-corrected chi connectivity index (χ4v) is 7.87. The van der Waals surface area contributed by atoms with Crippen molar-refractivity contribution in [3.63, 3.8) is 0 Å². The summed E-state index contributed by atoms with van der Waals surface area (Å²) in [6, 6.07) is 1.67. The van der Waals surface area contributed by atoms with E-state index in [1.807, 2.05) is 9.80 Å². The number of hydrogen-bond acceptors (Lipinski definition) is 5. The first-order valence-electron chi connectivity index (χ1n) is 15.5. The van der Waals surface area contributed by atoms with Gasteiger partial charge in [-0.25, -0.2) is 0 Å². The number of amides is 2. The van der Waals surface area contributed by atoms with Gasteiger partial charge in [-0.1, -0.05) is 39.0 Å². The molecule has 3 heterocycles. The molecule has 1 aromatic heterocycles. The van der Waals surface area contributed by atoms with E-state index in [1.54, 1.807) is 16.8 Å². The van der Waals surface area contributed by atoms with E-state index in [9.17, 15) is 19.5 Å². The highest BCUT2D eigenvalue weighted by atomic mass is 16.3. The minimum Gasteiger partial charge on any atom is -0.387 e. The summed E-state index contributed by atoms with van der Waals surface area (Å²) in [5, 5.41) is 15.6. The van der Waals surface area contributed by atoms with Crippen LogP contribution in [0.3, 0.4) is 0 Å². The van der Waals surface area contributed by atoms with Crippen molar-refractivity contribution in [3.8, 4) is 0 Å². The molecule has 5 fully saturated rings. The second kappa shape index (κ2) is 10.7. The first-order chi connectivity index (χ1) is 18.8. The molecule has 3 saturated carbocycles. The maximum absolute atomic E-state index is 13.6. The van der Waals surface area contributed by atoms with Crippen LogP contribution in [0.4, 0.5) is 0 Å². The summed E-state index contributed by atoms with van der Waals surface area (Å²) < 4.78 is 1.61. The molecule has 39 heavy (non-hydrogen) atoms. The van der Waals surface area contributed by atoms with Crippen LogP contribution >= 0.6 is 0 Å². The number of carbonyl (C=O) groups is 2. The number of hydrogen-bond donors (Lipinski definition) is 2. The standard InChI is InChI=1S/C31H46N4O4/c1-22(17-23-5-4-6-23)28(37)34-14-11-31(39,30(20-34)9-2-3-10-30)21-35-19-26(25(18-27(35)36)24-7-8-24)29(38)33-15-12-32-13-16-33/h18-19,22-24,32,39H,2-17,20-21H2,1H3/t22-,31-/m1/s1. The Morgan fingerprint density at radius 3 is 2.38 bits per heavy atom. The van der Waals surface area contributed by atoms with Crippen molar-refractivity contribution >= 4 is 11.8 Å². The first kappa shape index (κ1) is 27.0. The molecule has 0 aromatic carbocycles. The SMILES string of the molecule is C[C@H](CC1CCC1)C(=O)N1CC[C@@](O)(Cn2cc(C(=O)N3CCNCC3)c(C3CC3)cc2=O)C2(CCCC2)C1. The Kier molecular flexibility index (Phi) is 7.38. The molecular formula is C31H46N4O4. The molecule has 2 amide bonds. The van der Waals surface area contributed by atoms with E-state index in [-0.39, 0.29) is 35.8 Å². The predicted octanol–water partition coefficient (Wildman–Crippen LogP) is 3.12. The number of nitrogens with one attached hydrogen (secondary N) is 1. The van der Waals surface area contributed by atoms with Gasteiger partial charge >= 0.3 is 0 Å². The zero-order valence-electron chi connectivity index (χ0n) is 23.6. The number of piperidine rings is 1. The molecule has 2 aliphatic heterocycles. The van der Waals surface area contributed by atoms with Gasteiger partial charge in [0, 0.05) is 62.9 Å². The lowest BCUT2D eigenvalue weighted by atomic mass is 9.65. The maximum Gasteiger partial charge on any atom is 0.255 e. The fourth-order valence-electron chi connectivity index (χ4n) is 7.87. The summed E-state index contributed by atoms with van der Waals surface area (Å²) in [4.78, 5) is 44.3. The molecule has 2 saturated heterocycles. The summed E-state index contributed by atoms with van der Waals surface area (Å²) in [5.74, 6) is 1.22. The molecule has 2 N–H and O–H groups in total. The van der Waals surface area contributed by atoms with E-state index >= 15 is 0 Å². The Bertz CT molecular complexity index is 1140. The van der Waals surface area contributed by atoms with Gasteiger partial charge in [-0.05, 0) is 55.9 Å². The van der Waals surface area contributed by atoms with Crippen LogP contribution < -0.4 is 10.9 Å². The number of aromatic nitrogens is 1. The number of aliphatic hydroxyl groups is 1. The lowest BCUT2D eigenvalue weighted by Crippen LogP contribution is -2.62. The van der Waals surface area contributed by atoms with Gasteiger partial charge in [0.2, 0.25) is 5.91 Å². The zero-order valence-corrected chi connectivity index (χ0v) is 23.6. The van der Waals surface area contributed by atoms with Gasteiger partial charge in [0.05, 0.1) is 17.7 Å². The van der Waals surface area contributed by atoms with E-state index in [0.717, 1.165) is 63.6 Å². The summed E-state index contributed by atoms with van der Waals surface area (Å²) in [6.07, 6.45) is 12.8. The molecule has 0 unspecified atom stereocenters. The summed E-state index contributed by atoms with van der Waals surface area (Å²) >= 11 is 0. The normalized spacial score (nSPS) is 27.9. The van der Waals surface area contributed by atoms with Crippen molar-refractivity contribution in [1.82, 2.24) is 19.7 Å². The van der Waals surface area contributed by atoms with Crippen molar-refractivity contribution in [1.29, 1.82) is 0 Å². The van der Waals surface area contributed by atoms with Crippen LogP contribution in [-0.2, 0) is 11.3 Å². The van der Waals surface area contributed by atoms with Crippen molar-refractivity contribution in [3.05, 3.63) is 33.7 Å². The van der Waals surface area contributed by atoms with Crippen LogP contribution in [0.25, 0.3) is 0 Å². The van der Waals surface area contributed by atoms with E-state index in [4.69, 9.17) is 0 Å². The molecule has 1 aromatic rings. The molecule has 214 valence electrons. The van der Waals surface area contributed by atoms with Crippen molar-refractivity contribution in [2.75, 3.05) is 39.3 Å². The third-order valence-electron chi connectivity index (χ3n) is 10.7. The predicted molar refractivity (Wildman–Crippen MR) is 150 cm³/mol. The number of nitrogens with zero attached hydrogens (tertiary/aromatic N) is 3. The molecule has 6 rings (SSSR count). The van der Waals surface area contributed by atoms with E-state index in [0.29, 0.717) is 44.1 Å². The van der Waals surface area contributed by atoms with Crippen molar-refractivity contribution in [2.24, 2.45) is 17.3 Å². The van der Waals surface area contributed by atoms with E-state index < -0.39 is 11.0 Å². The highest BCUT2D eigenvalue weighted by Gasteiger charge is 2.56. The minimum atomic E-state index is -1.09. The number of pyridine rings is 1. The quantitative estimate of drug-likeness (QED) is 0.556. The average Bonchev–Trinajstić information content (AvgIpc) is 3.66. The number of likely N-dealkylation sites (tertiary alicyclic amines) is 1. The molecular weight excluding hydrogens is 492 g/mol. The Morgan fingerprint density at radius 2 is 1.74 bits per heavy atom. The molecule has 0 radical (unpaired) electrons. The monoisotopic (exact) mass is 538 g/mol. The fraction of sp³-hybridized carbons (Fsp3) is 0.774. The van der Waals surface area contributed by atoms with Gasteiger partial charge < -0.3 is 24.8 Å². The Balaban J connectivity index is 1.25. The zero-order chi connectivity index (χ0) is 27.2. The van der Waals surface area contributed by atoms with Crippen LogP contribution in [-0.4, -0.2) is 76.2 Å². The van der Waals surface area contributed by atoms with Crippen molar-refractivity contribution in [2.45, 2.75) is 95.6 Å². The lowest BCUT2D eigenvalue weighted by Gasteiger charge is -2.53.